The minimum absolute atomic E-state index is 0.0175. The summed E-state index contributed by atoms with van der Waals surface area (Å²) in [6.45, 7) is 2.03. The van der Waals surface area contributed by atoms with Gasteiger partial charge >= 0.3 is 0 Å². The molecule has 3 aromatic carbocycles. The highest BCUT2D eigenvalue weighted by Gasteiger charge is 2.19. The lowest BCUT2D eigenvalue weighted by Crippen LogP contribution is -2.02. The first kappa shape index (κ1) is 22.7. The van der Waals surface area contributed by atoms with Crippen LogP contribution < -0.4 is 0 Å². The van der Waals surface area contributed by atoms with Crippen LogP contribution in [0.3, 0.4) is 0 Å². The van der Waals surface area contributed by atoms with Gasteiger partial charge in [-0.15, -0.1) is 0 Å². The van der Waals surface area contributed by atoms with Crippen molar-refractivity contribution in [1.82, 2.24) is 9.78 Å². The third kappa shape index (κ3) is 4.81. The van der Waals surface area contributed by atoms with E-state index in [9.17, 15) is 8.78 Å². The third-order valence-corrected chi connectivity index (χ3v) is 5.78. The Kier molecular flexibility index (Phi) is 6.82. The van der Waals surface area contributed by atoms with E-state index in [2.05, 4.69) is 0 Å². The molecule has 32 heavy (non-hydrogen) atoms. The van der Waals surface area contributed by atoms with Crippen LogP contribution >= 0.6 is 34.8 Å². The van der Waals surface area contributed by atoms with Gasteiger partial charge < -0.3 is 4.74 Å². The van der Waals surface area contributed by atoms with E-state index in [1.54, 1.807) is 35.0 Å². The average molecular weight is 494 g/mol. The summed E-state index contributed by atoms with van der Waals surface area (Å²) in [4.78, 5) is 0. The molecule has 0 fully saturated rings. The van der Waals surface area contributed by atoms with E-state index >= 15 is 0 Å². The Morgan fingerprint density at radius 1 is 0.875 bits per heavy atom. The summed E-state index contributed by atoms with van der Waals surface area (Å²) in [6, 6.07) is 15.9. The van der Waals surface area contributed by atoms with Crippen LogP contribution in [0, 0.1) is 18.6 Å². The summed E-state index contributed by atoms with van der Waals surface area (Å²) in [5, 5.41) is 6.29. The zero-order valence-electron chi connectivity index (χ0n) is 16.9. The standard InChI is InChI=1S/C24H17Cl3F2N2O/c1-14-22(13-32-12-16-4-8-19(28)11-21(16)29)30-31(23-9-7-18(26)10-20(23)27)24(14)15-2-5-17(25)6-3-15/h2-11H,12-13H2,1H3. The van der Waals surface area contributed by atoms with Crippen molar-refractivity contribution in [3.05, 3.63) is 104 Å². The largest absolute Gasteiger partial charge is 0.370 e. The zero-order valence-corrected chi connectivity index (χ0v) is 19.1. The fraction of sp³-hybridized carbons (Fsp3) is 0.125. The van der Waals surface area contributed by atoms with Crippen LogP contribution in [0.15, 0.2) is 60.7 Å². The second kappa shape index (κ2) is 9.59. The van der Waals surface area contributed by atoms with E-state index < -0.39 is 11.6 Å². The minimum Gasteiger partial charge on any atom is -0.370 e. The molecule has 0 spiro atoms. The first-order valence-electron chi connectivity index (χ1n) is 9.65. The lowest BCUT2D eigenvalue weighted by Gasteiger charge is -2.11. The van der Waals surface area contributed by atoms with E-state index in [1.807, 2.05) is 19.1 Å². The van der Waals surface area contributed by atoms with Crippen molar-refractivity contribution in [2.24, 2.45) is 0 Å². The molecule has 164 valence electrons. The van der Waals surface area contributed by atoms with Crippen molar-refractivity contribution in [2.45, 2.75) is 20.1 Å². The molecule has 4 rings (SSSR count). The number of aromatic nitrogens is 2. The predicted molar refractivity (Wildman–Crippen MR) is 124 cm³/mol. The molecule has 1 heterocycles. The molecule has 0 bridgehead atoms. The highest BCUT2D eigenvalue weighted by Crippen LogP contribution is 2.33. The lowest BCUT2D eigenvalue weighted by molar-refractivity contribution is 0.101. The van der Waals surface area contributed by atoms with Gasteiger partial charge in [-0.05, 0) is 43.3 Å². The number of rotatable bonds is 6. The summed E-state index contributed by atoms with van der Waals surface area (Å²) in [6.07, 6.45) is 0. The SMILES string of the molecule is Cc1c(COCc2ccc(F)cc2F)nn(-c2ccc(Cl)cc2Cl)c1-c1ccc(Cl)cc1. The van der Waals surface area contributed by atoms with Gasteiger partial charge in [-0.2, -0.15) is 5.10 Å². The fourth-order valence-corrected chi connectivity index (χ4v) is 3.96. The first-order chi connectivity index (χ1) is 15.3. The predicted octanol–water partition coefficient (Wildman–Crippen LogP) is 7.80. The van der Waals surface area contributed by atoms with Crippen molar-refractivity contribution in [3.8, 4) is 16.9 Å². The van der Waals surface area contributed by atoms with Gasteiger partial charge in [0.05, 0.1) is 35.3 Å². The van der Waals surface area contributed by atoms with Gasteiger partial charge in [0.25, 0.3) is 0 Å². The van der Waals surface area contributed by atoms with Crippen LogP contribution in [0.25, 0.3) is 16.9 Å². The van der Waals surface area contributed by atoms with Gasteiger partial charge in [-0.1, -0.05) is 53.0 Å². The number of hydrogen-bond acceptors (Lipinski definition) is 2. The maximum absolute atomic E-state index is 13.9. The lowest BCUT2D eigenvalue weighted by atomic mass is 10.1. The topological polar surface area (TPSA) is 27.1 Å². The van der Waals surface area contributed by atoms with E-state index in [-0.39, 0.29) is 18.8 Å². The quantitative estimate of drug-likeness (QED) is 0.274. The van der Waals surface area contributed by atoms with E-state index in [0.717, 1.165) is 22.9 Å². The fourth-order valence-electron chi connectivity index (χ4n) is 3.35. The Morgan fingerprint density at radius 3 is 2.28 bits per heavy atom. The second-order valence-corrected chi connectivity index (χ2v) is 8.44. The summed E-state index contributed by atoms with van der Waals surface area (Å²) >= 11 is 18.6. The molecule has 0 saturated heterocycles. The molecular weight excluding hydrogens is 477 g/mol. The summed E-state index contributed by atoms with van der Waals surface area (Å²) in [5.74, 6) is -1.28. The van der Waals surface area contributed by atoms with Crippen molar-refractivity contribution in [3.63, 3.8) is 0 Å². The molecule has 0 aliphatic rings. The van der Waals surface area contributed by atoms with Crippen molar-refractivity contribution < 1.29 is 13.5 Å². The Labute approximate surface area is 199 Å². The minimum atomic E-state index is -0.651. The Balaban J connectivity index is 1.69. The molecule has 0 atom stereocenters. The highest BCUT2D eigenvalue weighted by atomic mass is 35.5. The summed E-state index contributed by atoms with van der Waals surface area (Å²) in [5.41, 5.74) is 4.15. The normalized spacial score (nSPS) is 11.2. The Hall–Kier alpha value is -2.44. The van der Waals surface area contributed by atoms with Crippen LogP contribution in [0.4, 0.5) is 8.78 Å². The molecule has 0 saturated carbocycles. The van der Waals surface area contributed by atoms with Crippen LogP contribution in [-0.4, -0.2) is 9.78 Å². The molecule has 0 unspecified atom stereocenters. The van der Waals surface area contributed by atoms with Crippen LogP contribution in [0.5, 0.6) is 0 Å². The molecule has 3 nitrogen and oxygen atoms in total. The molecule has 0 aliphatic carbocycles. The van der Waals surface area contributed by atoms with Crippen LogP contribution in [0.1, 0.15) is 16.8 Å². The van der Waals surface area contributed by atoms with Crippen molar-refractivity contribution >= 4 is 34.8 Å². The number of hydrogen-bond donors (Lipinski definition) is 0. The molecule has 4 aromatic rings. The molecule has 1 aromatic heterocycles. The van der Waals surface area contributed by atoms with Gasteiger partial charge in [-0.3, -0.25) is 0 Å². The third-order valence-electron chi connectivity index (χ3n) is 4.99. The molecule has 0 aliphatic heterocycles. The van der Waals surface area contributed by atoms with Gasteiger partial charge in [0, 0.05) is 32.8 Å². The monoisotopic (exact) mass is 492 g/mol. The van der Waals surface area contributed by atoms with E-state index in [4.69, 9.17) is 44.6 Å². The average Bonchev–Trinajstić information content (AvgIpc) is 3.06. The zero-order chi connectivity index (χ0) is 22.8. The first-order valence-corrected chi connectivity index (χ1v) is 10.8. The van der Waals surface area contributed by atoms with Crippen LogP contribution in [0.2, 0.25) is 15.1 Å². The molecule has 0 amide bonds. The number of nitrogens with zero attached hydrogens (tertiary/aromatic N) is 2. The Bertz CT molecular complexity index is 1270. The number of benzene rings is 3. The van der Waals surface area contributed by atoms with E-state index in [0.29, 0.717) is 26.4 Å². The Morgan fingerprint density at radius 2 is 1.59 bits per heavy atom. The van der Waals surface area contributed by atoms with E-state index in [1.165, 1.54) is 12.1 Å². The smallest absolute Gasteiger partial charge is 0.131 e. The van der Waals surface area contributed by atoms with Gasteiger partial charge in [-0.25, -0.2) is 13.5 Å². The number of halogens is 5. The highest BCUT2D eigenvalue weighted by molar-refractivity contribution is 6.35. The molecular formula is C24H17Cl3F2N2O. The van der Waals surface area contributed by atoms with Gasteiger partial charge in [0.15, 0.2) is 0 Å². The van der Waals surface area contributed by atoms with Gasteiger partial charge in [0.1, 0.15) is 11.6 Å². The van der Waals surface area contributed by atoms with Gasteiger partial charge in [0.2, 0.25) is 0 Å². The van der Waals surface area contributed by atoms with Crippen molar-refractivity contribution in [2.75, 3.05) is 0 Å². The summed E-state index contributed by atoms with van der Waals surface area (Å²) < 4.78 is 34.5. The molecule has 8 heteroatoms. The van der Waals surface area contributed by atoms with Crippen LogP contribution in [-0.2, 0) is 18.0 Å². The summed E-state index contributed by atoms with van der Waals surface area (Å²) in [7, 11) is 0. The molecule has 0 radical (unpaired) electrons. The maximum atomic E-state index is 13.9. The maximum Gasteiger partial charge on any atom is 0.131 e. The van der Waals surface area contributed by atoms with Crippen molar-refractivity contribution in [1.29, 1.82) is 0 Å². The second-order valence-electron chi connectivity index (χ2n) is 7.16. The molecule has 0 N–H and O–H groups in total. The number of ether oxygens (including phenoxy) is 1.